The zero-order chi connectivity index (χ0) is 62.9. The first kappa shape index (κ1) is 75.4. The highest BCUT2D eigenvalue weighted by atomic mass is 31.0. The second kappa shape index (κ2) is 28.6. The predicted molar refractivity (Wildman–Crippen MR) is 337 cm³/mol. The number of carbonyl (C=O) groups is 4. The number of aliphatic carboxylic acids is 4. The van der Waals surface area contributed by atoms with Gasteiger partial charge < -0.3 is 40.9 Å². The molecule has 4 aromatic rings. The van der Waals surface area contributed by atoms with Crippen LogP contribution in [0.4, 0.5) is 0 Å². The Morgan fingerprint density at radius 1 is 0.259 bits per heavy atom. The van der Waals surface area contributed by atoms with Gasteiger partial charge in [-0.3, -0.25) is 19.2 Å². The molecular weight excluding hydrogens is 1040 g/mol. The van der Waals surface area contributed by atoms with E-state index in [9.17, 15) is 39.6 Å². The SMILES string of the molecule is CC(C)(C)c1cc(CCC(=O)O)cc(C(C)(C)C)c1O.CC(C)(C)c1cc(CCC(=O)O)cc(C(C)(C)C)c1O.CC(C)(C)c1cc(CCC(=O)O)cc(C(C)(C)C)c1O.CC(C)(C)c1cc(CCC(=O)O)cc(C(C)(C)C)c1O.P. The standard InChI is InChI=1S/4C17H26O3.H3P/c4*1-16(2,3)12-9-11(7-8-14(18)19)10-13(15(12)20)17(4,5)6;/h4*9-10,20H,7-8H2,1-6H3,(H,18,19);1H3. The maximum Gasteiger partial charge on any atom is 0.303 e. The Balaban J connectivity index is 0.00000105. The van der Waals surface area contributed by atoms with E-state index in [1.165, 1.54) is 0 Å². The summed E-state index contributed by atoms with van der Waals surface area (Å²) in [6.45, 7) is 49.2. The van der Waals surface area contributed by atoms with Crippen LogP contribution in [0.3, 0.4) is 0 Å². The minimum Gasteiger partial charge on any atom is -0.507 e. The first-order valence-corrected chi connectivity index (χ1v) is 28.1. The topological polar surface area (TPSA) is 230 Å². The van der Waals surface area contributed by atoms with Crippen LogP contribution in [0, 0.1) is 0 Å². The lowest BCUT2D eigenvalue weighted by Crippen LogP contribution is -2.18. The zero-order valence-corrected chi connectivity index (χ0v) is 55.6. The highest BCUT2D eigenvalue weighted by Gasteiger charge is 2.31. The van der Waals surface area contributed by atoms with Crippen molar-refractivity contribution < 1.29 is 60.0 Å². The molecule has 0 aliphatic heterocycles. The lowest BCUT2D eigenvalue weighted by molar-refractivity contribution is -0.138. The second-order valence-electron chi connectivity index (χ2n) is 29.7. The fourth-order valence-corrected chi connectivity index (χ4v) is 8.93. The molecule has 0 saturated heterocycles. The first-order valence-electron chi connectivity index (χ1n) is 28.1. The van der Waals surface area contributed by atoms with Crippen molar-refractivity contribution in [2.45, 2.75) is 261 Å². The summed E-state index contributed by atoms with van der Waals surface area (Å²) in [5.41, 5.74) is 9.51. The Hall–Kier alpha value is -5.61. The largest absolute Gasteiger partial charge is 0.507 e. The van der Waals surface area contributed by atoms with Crippen LogP contribution < -0.4 is 0 Å². The zero-order valence-electron chi connectivity index (χ0n) is 54.2. The summed E-state index contributed by atoms with van der Waals surface area (Å²) in [5, 5.41) is 77.5. The smallest absolute Gasteiger partial charge is 0.303 e. The Labute approximate surface area is 490 Å². The van der Waals surface area contributed by atoms with Crippen molar-refractivity contribution >= 4 is 33.8 Å². The molecule has 0 aliphatic carbocycles. The van der Waals surface area contributed by atoms with Crippen LogP contribution in [-0.2, 0) is 88.2 Å². The van der Waals surface area contributed by atoms with Crippen molar-refractivity contribution in [3.8, 4) is 23.0 Å². The van der Waals surface area contributed by atoms with Crippen LogP contribution in [0.2, 0.25) is 0 Å². The minimum atomic E-state index is -0.798. The molecule has 0 heterocycles. The van der Waals surface area contributed by atoms with Crippen molar-refractivity contribution in [1.82, 2.24) is 0 Å². The number of aromatic hydroxyl groups is 4. The van der Waals surface area contributed by atoms with E-state index in [1.807, 2.05) is 48.5 Å². The maximum absolute atomic E-state index is 10.8. The molecule has 8 N–H and O–H groups in total. The molecule has 1 unspecified atom stereocenters. The van der Waals surface area contributed by atoms with Gasteiger partial charge in [-0.2, -0.15) is 9.90 Å². The van der Waals surface area contributed by atoms with Crippen LogP contribution in [0.15, 0.2) is 48.5 Å². The quantitative estimate of drug-likeness (QED) is 0.0620. The average Bonchev–Trinajstić information content (AvgIpc) is 3.24. The van der Waals surface area contributed by atoms with Gasteiger partial charge in [-0.15, -0.1) is 0 Å². The molecule has 4 aromatic carbocycles. The lowest BCUT2D eigenvalue weighted by atomic mass is 9.78. The minimum absolute atomic E-state index is 0. The van der Waals surface area contributed by atoms with E-state index in [2.05, 4.69) is 166 Å². The molecule has 4 rings (SSSR count). The second-order valence-corrected chi connectivity index (χ2v) is 29.7. The number of phenolic OH excluding ortho intramolecular Hbond substituents is 4. The molecule has 0 aliphatic rings. The third kappa shape index (κ3) is 24.4. The van der Waals surface area contributed by atoms with E-state index < -0.39 is 23.9 Å². The van der Waals surface area contributed by atoms with Crippen molar-refractivity contribution in [3.05, 3.63) is 115 Å². The molecule has 0 bridgehead atoms. The molecule has 0 spiro atoms. The van der Waals surface area contributed by atoms with Crippen molar-refractivity contribution in [2.75, 3.05) is 0 Å². The summed E-state index contributed by atoms with van der Waals surface area (Å²) >= 11 is 0. The number of carboxylic acid groups (broad SMARTS) is 4. The summed E-state index contributed by atoms with van der Waals surface area (Å²) < 4.78 is 0. The lowest BCUT2D eigenvalue weighted by Gasteiger charge is -2.28. The molecule has 456 valence electrons. The molecule has 1 atom stereocenters. The van der Waals surface area contributed by atoms with Gasteiger partial charge in [0.15, 0.2) is 0 Å². The van der Waals surface area contributed by atoms with Crippen LogP contribution in [0.5, 0.6) is 23.0 Å². The summed E-state index contributed by atoms with van der Waals surface area (Å²) in [6, 6.07) is 15.5. The molecule has 13 heteroatoms. The predicted octanol–water partition coefficient (Wildman–Crippen LogP) is 16.1. The number of carboxylic acids is 4. The number of benzene rings is 4. The van der Waals surface area contributed by atoms with E-state index in [-0.39, 0.29) is 78.9 Å². The van der Waals surface area contributed by atoms with E-state index in [0.717, 1.165) is 66.8 Å². The Bertz CT molecular complexity index is 2260. The Morgan fingerprint density at radius 2 is 0.358 bits per heavy atom. The maximum atomic E-state index is 10.8. The van der Waals surface area contributed by atoms with Gasteiger partial charge in [0.1, 0.15) is 23.0 Å². The fourth-order valence-electron chi connectivity index (χ4n) is 8.93. The monoisotopic (exact) mass is 1150 g/mol. The van der Waals surface area contributed by atoms with E-state index in [4.69, 9.17) is 20.4 Å². The number of rotatable bonds is 12. The molecule has 0 radical (unpaired) electrons. The number of aryl methyl sites for hydroxylation is 4. The normalized spacial score (nSPS) is 12.3. The van der Waals surface area contributed by atoms with Gasteiger partial charge in [0.25, 0.3) is 0 Å². The average molecular weight is 1150 g/mol. The molecule has 0 fully saturated rings. The highest BCUT2D eigenvalue weighted by Crippen LogP contribution is 2.44. The molecule has 0 saturated carbocycles. The molecule has 81 heavy (non-hydrogen) atoms. The van der Waals surface area contributed by atoms with Gasteiger partial charge in [0.05, 0.1) is 0 Å². The van der Waals surface area contributed by atoms with Crippen molar-refractivity contribution in [1.29, 1.82) is 0 Å². The summed E-state index contributed by atoms with van der Waals surface area (Å²) in [6.07, 6.45) is 2.39. The fraction of sp³-hybridized carbons (Fsp3) is 0.588. The first-order chi connectivity index (χ1) is 35.7. The summed E-state index contributed by atoms with van der Waals surface area (Å²) in [5.74, 6) is -1.85. The van der Waals surface area contributed by atoms with Crippen molar-refractivity contribution in [3.63, 3.8) is 0 Å². The molecule has 0 amide bonds. The van der Waals surface area contributed by atoms with Gasteiger partial charge in [0.2, 0.25) is 0 Å². The van der Waals surface area contributed by atoms with Gasteiger partial charge in [-0.05, 0) is 136 Å². The van der Waals surface area contributed by atoms with Gasteiger partial charge >= 0.3 is 23.9 Å². The summed E-state index contributed by atoms with van der Waals surface area (Å²) in [4.78, 5) is 43.0. The van der Waals surface area contributed by atoms with E-state index in [0.29, 0.717) is 48.7 Å². The van der Waals surface area contributed by atoms with E-state index >= 15 is 0 Å². The number of phenols is 4. The van der Waals surface area contributed by atoms with Crippen LogP contribution in [0.1, 0.15) is 259 Å². The third-order valence-electron chi connectivity index (χ3n) is 13.7. The van der Waals surface area contributed by atoms with E-state index in [1.54, 1.807) is 0 Å². The Morgan fingerprint density at radius 3 is 0.432 bits per heavy atom. The third-order valence-corrected chi connectivity index (χ3v) is 13.7. The molecule has 12 nitrogen and oxygen atoms in total. The van der Waals surface area contributed by atoms with Crippen LogP contribution in [-0.4, -0.2) is 64.7 Å². The van der Waals surface area contributed by atoms with Gasteiger partial charge in [-0.1, -0.05) is 215 Å². The van der Waals surface area contributed by atoms with Gasteiger partial charge in [0, 0.05) is 25.7 Å². The van der Waals surface area contributed by atoms with Gasteiger partial charge in [-0.25, -0.2) is 0 Å². The Kier molecular flexibility index (Phi) is 26.6. The highest BCUT2D eigenvalue weighted by molar-refractivity contribution is 6.92. The van der Waals surface area contributed by atoms with Crippen molar-refractivity contribution in [2.24, 2.45) is 0 Å². The summed E-state index contributed by atoms with van der Waals surface area (Å²) in [7, 11) is 0. The molecule has 0 aromatic heterocycles. The number of hydrogen-bond donors (Lipinski definition) is 8. The van der Waals surface area contributed by atoms with Crippen LogP contribution in [0.25, 0.3) is 0 Å². The number of hydrogen-bond acceptors (Lipinski definition) is 8. The van der Waals surface area contributed by atoms with Crippen LogP contribution >= 0.6 is 9.90 Å². The molecular formula is C68H107O12P.